The summed E-state index contributed by atoms with van der Waals surface area (Å²) in [7, 11) is 0. The van der Waals surface area contributed by atoms with Crippen molar-refractivity contribution in [3.8, 4) is 0 Å². The van der Waals surface area contributed by atoms with Crippen molar-refractivity contribution in [3.63, 3.8) is 0 Å². The van der Waals surface area contributed by atoms with E-state index in [4.69, 9.17) is 28.3 Å². The number of benzene rings is 1. The van der Waals surface area contributed by atoms with Crippen LogP contribution < -0.4 is 5.32 Å². The highest BCUT2D eigenvalue weighted by Gasteiger charge is 2.16. The van der Waals surface area contributed by atoms with Gasteiger partial charge in [0.1, 0.15) is 0 Å². The maximum absolute atomic E-state index is 11.8. The van der Waals surface area contributed by atoms with E-state index in [1.165, 1.54) is 17.5 Å². The molecule has 1 amide bonds. The van der Waals surface area contributed by atoms with Crippen LogP contribution in [0.25, 0.3) is 0 Å². The Kier molecular flexibility index (Phi) is 3.98. The first-order valence-electron chi connectivity index (χ1n) is 4.80. The summed E-state index contributed by atoms with van der Waals surface area (Å²) in [4.78, 5) is 22.6. The molecule has 0 aliphatic heterocycles. The lowest BCUT2D eigenvalue weighted by Gasteiger charge is -2.09. The van der Waals surface area contributed by atoms with Crippen molar-refractivity contribution in [2.45, 2.75) is 0 Å². The summed E-state index contributed by atoms with van der Waals surface area (Å²) in [6, 6.07) is 2.40. The Labute approximate surface area is 121 Å². The van der Waals surface area contributed by atoms with Crippen molar-refractivity contribution in [3.05, 3.63) is 38.8 Å². The quantitative estimate of drug-likeness (QED) is 0.908. The number of rotatable bonds is 3. The van der Waals surface area contributed by atoms with Crippen molar-refractivity contribution in [1.82, 2.24) is 9.59 Å². The highest BCUT2D eigenvalue weighted by atomic mass is 35.5. The minimum atomic E-state index is -1.16. The number of anilines is 1. The molecular formula is C10H5Cl2N3O3S. The second kappa shape index (κ2) is 5.52. The lowest BCUT2D eigenvalue weighted by molar-refractivity contribution is 0.0696. The van der Waals surface area contributed by atoms with E-state index in [1.807, 2.05) is 0 Å². The number of carbonyl (C=O) groups excluding carboxylic acids is 1. The molecule has 0 atom stereocenters. The van der Waals surface area contributed by atoms with Gasteiger partial charge in [0.15, 0.2) is 5.69 Å². The minimum absolute atomic E-state index is 0.0291. The van der Waals surface area contributed by atoms with Crippen molar-refractivity contribution in [2.24, 2.45) is 0 Å². The fourth-order valence-corrected chi connectivity index (χ4v) is 2.27. The van der Waals surface area contributed by atoms with E-state index in [2.05, 4.69) is 14.9 Å². The maximum atomic E-state index is 11.8. The van der Waals surface area contributed by atoms with Crippen LogP contribution in [0.2, 0.25) is 10.0 Å². The standard InChI is InChI=1S/C10H5Cl2N3O3S/c11-5-1-4(10(17)18)2-6(12)8(5)13-9(16)7-3-19-15-14-7/h1-3H,(H,13,16)(H,17,18). The van der Waals surface area contributed by atoms with Gasteiger partial charge in [-0.25, -0.2) is 4.79 Å². The Morgan fingerprint density at radius 3 is 2.37 bits per heavy atom. The number of aromatic nitrogens is 2. The number of carboxylic acid groups (broad SMARTS) is 1. The van der Waals surface area contributed by atoms with Gasteiger partial charge in [0.2, 0.25) is 0 Å². The van der Waals surface area contributed by atoms with Crippen LogP contribution in [0.5, 0.6) is 0 Å². The molecule has 1 aromatic carbocycles. The zero-order chi connectivity index (χ0) is 14.0. The minimum Gasteiger partial charge on any atom is -0.478 e. The van der Waals surface area contributed by atoms with E-state index in [-0.39, 0.29) is 27.0 Å². The van der Waals surface area contributed by atoms with Crippen LogP contribution in [-0.2, 0) is 0 Å². The third kappa shape index (κ3) is 3.01. The molecule has 9 heteroatoms. The maximum Gasteiger partial charge on any atom is 0.335 e. The second-order valence-electron chi connectivity index (χ2n) is 3.36. The molecule has 0 fully saturated rings. The Balaban J connectivity index is 2.31. The summed E-state index contributed by atoms with van der Waals surface area (Å²) >= 11 is 12.8. The molecule has 0 spiro atoms. The molecule has 0 radical (unpaired) electrons. The molecule has 6 nitrogen and oxygen atoms in total. The predicted octanol–water partition coefficient (Wildman–Crippen LogP) is 2.80. The average Bonchev–Trinajstić information content (AvgIpc) is 2.86. The third-order valence-corrected chi connectivity index (χ3v) is 3.22. The predicted molar refractivity (Wildman–Crippen MR) is 71.3 cm³/mol. The second-order valence-corrected chi connectivity index (χ2v) is 4.79. The summed E-state index contributed by atoms with van der Waals surface area (Å²) in [5.74, 6) is -1.69. The molecule has 0 aliphatic rings. The summed E-state index contributed by atoms with van der Waals surface area (Å²) < 4.78 is 3.55. The van der Waals surface area contributed by atoms with Crippen LogP contribution in [0.15, 0.2) is 17.5 Å². The number of hydrogen-bond donors (Lipinski definition) is 2. The summed E-state index contributed by atoms with van der Waals surface area (Å²) in [6.45, 7) is 0. The van der Waals surface area contributed by atoms with E-state index in [0.29, 0.717) is 0 Å². The number of nitrogens with zero attached hydrogens (tertiary/aromatic N) is 2. The molecule has 0 saturated heterocycles. The first-order valence-corrected chi connectivity index (χ1v) is 6.39. The van der Waals surface area contributed by atoms with E-state index in [9.17, 15) is 9.59 Å². The van der Waals surface area contributed by atoms with Gasteiger partial charge in [-0.1, -0.05) is 27.7 Å². The van der Waals surface area contributed by atoms with Crippen LogP contribution in [-0.4, -0.2) is 26.6 Å². The molecule has 2 rings (SSSR count). The molecule has 1 heterocycles. The van der Waals surface area contributed by atoms with Gasteiger partial charge in [-0.3, -0.25) is 4.79 Å². The van der Waals surface area contributed by atoms with Gasteiger partial charge in [0, 0.05) is 5.38 Å². The SMILES string of the molecule is O=C(O)c1cc(Cl)c(NC(=O)c2csnn2)c(Cl)c1. The smallest absolute Gasteiger partial charge is 0.335 e. The summed E-state index contributed by atoms with van der Waals surface area (Å²) in [5, 5.41) is 16.4. The first kappa shape index (κ1) is 13.7. The van der Waals surface area contributed by atoms with Crippen LogP contribution >= 0.6 is 34.7 Å². The molecule has 2 aromatic rings. The van der Waals surface area contributed by atoms with E-state index in [1.54, 1.807) is 0 Å². The topological polar surface area (TPSA) is 92.2 Å². The van der Waals surface area contributed by atoms with Gasteiger partial charge in [-0.2, -0.15) is 0 Å². The molecule has 2 N–H and O–H groups in total. The van der Waals surface area contributed by atoms with Gasteiger partial charge >= 0.3 is 5.97 Å². The monoisotopic (exact) mass is 317 g/mol. The third-order valence-electron chi connectivity index (χ3n) is 2.12. The van der Waals surface area contributed by atoms with Crippen molar-refractivity contribution in [1.29, 1.82) is 0 Å². The zero-order valence-electron chi connectivity index (χ0n) is 9.05. The molecule has 0 aliphatic carbocycles. The van der Waals surface area contributed by atoms with Gasteiger partial charge in [-0.05, 0) is 23.7 Å². The zero-order valence-corrected chi connectivity index (χ0v) is 11.4. The summed E-state index contributed by atoms with van der Waals surface area (Å²) in [6.07, 6.45) is 0. The fraction of sp³-hybridized carbons (Fsp3) is 0. The molecular weight excluding hydrogens is 313 g/mol. The normalized spacial score (nSPS) is 10.2. The number of amides is 1. The summed E-state index contributed by atoms with van der Waals surface area (Å²) in [5.41, 5.74) is 0.189. The Morgan fingerprint density at radius 2 is 1.89 bits per heavy atom. The van der Waals surface area contributed by atoms with E-state index < -0.39 is 11.9 Å². The number of halogens is 2. The first-order chi connectivity index (χ1) is 8.99. The number of hydrogen-bond acceptors (Lipinski definition) is 5. The largest absolute Gasteiger partial charge is 0.478 e. The Hall–Kier alpha value is -1.70. The lowest BCUT2D eigenvalue weighted by Crippen LogP contribution is -2.13. The van der Waals surface area contributed by atoms with Crippen LogP contribution in [0.4, 0.5) is 5.69 Å². The van der Waals surface area contributed by atoms with Gasteiger partial charge in [0.05, 0.1) is 21.3 Å². The van der Waals surface area contributed by atoms with Crippen molar-refractivity contribution >= 4 is 52.3 Å². The lowest BCUT2D eigenvalue weighted by atomic mass is 10.2. The number of nitrogens with one attached hydrogen (secondary N) is 1. The van der Waals surface area contributed by atoms with Gasteiger partial charge < -0.3 is 10.4 Å². The fourth-order valence-electron chi connectivity index (χ4n) is 1.26. The Bertz CT molecular complexity index is 622. The molecule has 1 aromatic heterocycles. The van der Waals surface area contributed by atoms with Crippen LogP contribution in [0.3, 0.4) is 0 Å². The van der Waals surface area contributed by atoms with Crippen molar-refractivity contribution < 1.29 is 14.7 Å². The highest BCUT2D eigenvalue weighted by molar-refractivity contribution is 7.03. The molecule has 0 unspecified atom stereocenters. The van der Waals surface area contributed by atoms with E-state index >= 15 is 0 Å². The molecule has 0 saturated carbocycles. The Morgan fingerprint density at radius 1 is 1.26 bits per heavy atom. The van der Waals surface area contributed by atoms with Gasteiger partial charge in [0.25, 0.3) is 5.91 Å². The molecule has 19 heavy (non-hydrogen) atoms. The number of aromatic carboxylic acids is 1. The molecule has 0 bridgehead atoms. The van der Waals surface area contributed by atoms with Crippen LogP contribution in [0, 0.1) is 0 Å². The highest BCUT2D eigenvalue weighted by Crippen LogP contribution is 2.32. The van der Waals surface area contributed by atoms with Crippen LogP contribution in [0.1, 0.15) is 20.8 Å². The average molecular weight is 318 g/mol. The number of carbonyl (C=O) groups is 2. The van der Waals surface area contributed by atoms with Gasteiger partial charge in [-0.15, -0.1) is 5.10 Å². The van der Waals surface area contributed by atoms with E-state index in [0.717, 1.165) is 11.5 Å². The van der Waals surface area contributed by atoms with Crippen molar-refractivity contribution in [2.75, 3.05) is 5.32 Å². The molecule has 98 valence electrons. The number of carboxylic acids is 1.